The largest absolute Gasteiger partial charge is 0.461 e. The number of para-hydroxylation sites is 1. The Morgan fingerprint density at radius 2 is 1.84 bits per heavy atom. The van der Waals surface area contributed by atoms with Gasteiger partial charge in [-0.1, -0.05) is 48.5 Å². The van der Waals surface area contributed by atoms with E-state index in [1.54, 1.807) is 0 Å². The van der Waals surface area contributed by atoms with Crippen LogP contribution in [-0.2, 0) is 6.42 Å². The van der Waals surface area contributed by atoms with Gasteiger partial charge in [0.25, 0.3) is 0 Å². The summed E-state index contributed by atoms with van der Waals surface area (Å²) in [6, 6.07) is 19.0. The summed E-state index contributed by atoms with van der Waals surface area (Å²) in [5.41, 5.74) is 1.83. The Morgan fingerprint density at radius 3 is 2.60 bits per heavy atom. The standard InChI is InChI=1S/C20H22N2O3/c23-13-11-18(15-6-2-1-3-7-15)22-20(24)21-12-10-17-14-16-8-4-5-9-19(16)25-17/h1-9,14,18,23H,10-13H2,(H2,21,22,24)/t18-/m1/s1. The van der Waals surface area contributed by atoms with Crippen LogP contribution >= 0.6 is 0 Å². The molecule has 0 spiro atoms. The summed E-state index contributed by atoms with van der Waals surface area (Å²) >= 11 is 0. The summed E-state index contributed by atoms with van der Waals surface area (Å²) in [6.45, 7) is 0.491. The molecule has 0 saturated carbocycles. The van der Waals surface area contributed by atoms with Crippen molar-refractivity contribution < 1.29 is 14.3 Å². The lowest BCUT2D eigenvalue weighted by Gasteiger charge is -2.18. The van der Waals surface area contributed by atoms with E-state index in [-0.39, 0.29) is 18.7 Å². The van der Waals surface area contributed by atoms with Crippen LogP contribution in [0.1, 0.15) is 23.8 Å². The SMILES string of the molecule is O=C(NCCc1cc2ccccc2o1)N[C@H](CCO)c1ccccc1. The van der Waals surface area contributed by atoms with Crippen molar-refractivity contribution in [3.8, 4) is 0 Å². The first-order valence-electron chi connectivity index (χ1n) is 8.44. The van der Waals surface area contributed by atoms with Crippen LogP contribution < -0.4 is 10.6 Å². The van der Waals surface area contributed by atoms with Gasteiger partial charge in [0.1, 0.15) is 11.3 Å². The Balaban J connectivity index is 1.51. The Kier molecular flexibility index (Phi) is 5.69. The molecule has 2 aromatic carbocycles. The molecule has 1 atom stereocenters. The van der Waals surface area contributed by atoms with Gasteiger partial charge in [0.15, 0.2) is 0 Å². The fraction of sp³-hybridized carbons (Fsp3) is 0.250. The van der Waals surface area contributed by atoms with Gasteiger partial charge in [-0.3, -0.25) is 0 Å². The van der Waals surface area contributed by atoms with Gasteiger partial charge >= 0.3 is 6.03 Å². The lowest BCUT2D eigenvalue weighted by atomic mass is 10.0. The lowest BCUT2D eigenvalue weighted by molar-refractivity contribution is 0.229. The summed E-state index contributed by atoms with van der Waals surface area (Å²) < 4.78 is 5.73. The van der Waals surface area contributed by atoms with Crippen LogP contribution in [0.15, 0.2) is 65.1 Å². The van der Waals surface area contributed by atoms with Crippen LogP contribution in [0.2, 0.25) is 0 Å². The number of aliphatic hydroxyl groups excluding tert-OH is 1. The molecule has 3 aromatic rings. The van der Waals surface area contributed by atoms with Crippen molar-refractivity contribution in [2.24, 2.45) is 0 Å². The van der Waals surface area contributed by atoms with E-state index < -0.39 is 0 Å². The van der Waals surface area contributed by atoms with Crippen LogP contribution in [0.5, 0.6) is 0 Å². The summed E-state index contributed by atoms with van der Waals surface area (Å²) in [5.74, 6) is 0.844. The van der Waals surface area contributed by atoms with Gasteiger partial charge in [-0.25, -0.2) is 4.79 Å². The van der Waals surface area contributed by atoms with Crippen molar-refractivity contribution in [1.82, 2.24) is 10.6 Å². The summed E-state index contributed by atoms with van der Waals surface area (Å²) in [7, 11) is 0. The van der Waals surface area contributed by atoms with Crippen molar-refractivity contribution in [2.45, 2.75) is 18.9 Å². The third kappa shape index (κ3) is 4.61. The van der Waals surface area contributed by atoms with E-state index >= 15 is 0 Å². The maximum absolute atomic E-state index is 12.1. The van der Waals surface area contributed by atoms with Gasteiger partial charge in [0, 0.05) is 25.0 Å². The second kappa shape index (κ2) is 8.35. The summed E-state index contributed by atoms with van der Waals surface area (Å²) in [6.07, 6.45) is 1.10. The number of nitrogens with one attached hydrogen (secondary N) is 2. The summed E-state index contributed by atoms with van der Waals surface area (Å²) in [5, 5.41) is 16.0. The molecule has 25 heavy (non-hydrogen) atoms. The van der Waals surface area contributed by atoms with Gasteiger partial charge in [0.2, 0.25) is 0 Å². The van der Waals surface area contributed by atoms with Gasteiger partial charge in [0.05, 0.1) is 6.04 Å². The summed E-state index contributed by atoms with van der Waals surface area (Å²) in [4.78, 5) is 12.1. The van der Waals surface area contributed by atoms with E-state index in [0.717, 1.165) is 22.3 Å². The fourth-order valence-corrected chi connectivity index (χ4v) is 2.81. The van der Waals surface area contributed by atoms with E-state index in [4.69, 9.17) is 4.42 Å². The highest BCUT2D eigenvalue weighted by Gasteiger charge is 2.13. The van der Waals surface area contributed by atoms with Crippen LogP contribution in [0.4, 0.5) is 4.79 Å². The van der Waals surface area contributed by atoms with Gasteiger partial charge in [-0.05, 0) is 24.1 Å². The van der Waals surface area contributed by atoms with Gasteiger partial charge in [-0.15, -0.1) is 0 Å². The highest BCUT2D eigenvalue weighted by molar-refractivity contribution is 5.77. The molecule has 1 heterocycles. The first-order chi connectivity index (χ1) is 12.3. The van der Waals surface area contributed by atoms with E-state index in [1.807, 2.05) is 60.7 Å². The molecule has 0 saturated heterocycles. The number of aliphatic hydroxyl groups is 1. The number of hydrogen-bond acceptors (Lipinski definition) is 3. The molecule has 2 amide bonds. The van der Waals surface area contributed by atoms with Crippen molar-refractivity contribution in [3.05, 3.63) is 72.0 Å². The molecule has 1 aromatic heterocycles. The number of fused-ring (bicyclic) bond motifs is 1. The van der Waals surface area contributed by atoms with Crippen LogP contribution in [-0.4, -0.2) is 24.3 Å². The topological polar surface area (TPSA) is 74.5 Å². The predicted molar refractivity (Wildman–Crippen MR) is 97.3 cm³/mol. The number of urea groups is 1. The van der Waals surface area contributed by atoms with E-state index in [9.17, 15) is 9.90 Å². The predicted octanol–water partition coefficient (Wildman–Crippen LogP) is 3.40. The maximum atomic E-state index is 12.1. The zero-order valence-electron chi connectivity index (χ0n) is 13.9. The normalized spacial score (nSPS) is 12.0. The van der Waals surface area contributed by atoms with Crippen molar-refractivity contribution in [1.29, 1.82) is 0 Å². The number of hydrogen-bond donors (Lipinski definition) is 3. The van der Waals surface area contributed by atoms with E-state index in [2.05, 4.69) is 10.6 Å². The molecular formula is C20H22N2O3. The highest BCUT2D eigenvalue weighted by Crippen LogP contribution is 2.19. The number of amides is 2. The Bertz CT molecular complexity index is 781. The van der Waals surface area contributed by atoms with Crippen molar-refractivity contribution >= 4 is 17.0 Å². The highest BCUT2D eigenvalue weighted by atomic mass is 16.3. The average Bonchev–Trinajstić information content (AvgIpc) is 3.05. The molecule has 0 aliphatic rings. The zero-order chi connectivity index (χ0) is 17.5. The van der Waals surface area contributed by atoms with E-state index in [1.165, 1.54) is 0 Å². The van der Waals surface area contributed by atoms with Crippen LogP contribution in [0, 0.1) is 0 Å². The first-order valence-corrected chi connectivity index (χ1v) is 8.44. The van der Waals surface area contributed by atoms with Crippen LogP contribution in [0.3, 0.4) is 0 Å². The van der Waals surface area contributed by atoms with Crippen LogP contribution in [0.25, 0.3) is 11.0 Å². The third-order valence-electron chi connectivity index (χ3n) is 4.06. The molecule has 5 nitrogen and oxygen atoms in total. The Labute approximate surface area is 146 Å². The second-order valence-electron chi connectivity index (χ2n) is 5.88. The number of carbonyl (C=O) groups excluding carboxylic acids is 1. The number of benzene rings is 2. The molecule has 3 rings (SSSR count). The zero-order valence-corrected chi connectivity index (χ0v) is 13.9. The van der Waals surface area contributed by atoms with Gasteiger partial charge in [-0.2, -0.15) is 0 Å². The number of rotatable bonds is 7. The lowest BCUT2D eigenvalue weighted by Crippen LogP contribution is -2.39. The quantitative estimate of drug-likeness (QED) is 0.618. The monoisotopic (exact) mass is 338 g/mol. The molecule has 0 fully saturated rings. The average molecular weight is 338 g/mol. The van der Waals surface area contributed by atoms with E-state index in [0.29, 0.717) is 19.4 Å². The molecule has 0 unspecified atom stereocenters. The number of carbonyl (C=O) groups is 1. The molecule has 0 bridgehead atoms. The molecular weight excluding hydrogens is 316 g/mol. The van der Waals surface area contributed by atoms with Gasteiger partial charge < -0.3 is 20.2 Å². The Morgan fingerprint density at radius 1 is 1.08 bits per heavy atom. The molecule has 5 heteroatoms. The minimum absolute atomic E-state index is 0.0127. The maximum Gasteiger partial charge on any atom is 0.315 e. The Hall–Kier alpha value is -2.79. The second-order valence-corrected chi connectivity index (χ2v) is 5.88. The molecule has 0 aliphatic heterocycles. The molecule has 0 radical (unpaired) electrons. The molecule has 3 N–H and O–H groups in total. The smallest absolute Gasteiger partial charge is 0.315 e. The number of furan rings is 1. The third-order valence-corrected chi connectivity index (χ3v) is 4.06. The molecule has 0 aliphatic carbocycles. The molecule has 130 valence electrons. The van der Waals surface area contributed by atoms with Crippen molar-refractivity contribution in [2.75, 3.05) is 13.2 Å². The first kappa shape index (κ1) is 17.0. The minimum atomic E-state index is -0.251. The van der Waals surface area contributed by atoms with Crippen molar-refractivity contribution in [3.63, 3.8) is 0 Å². The minimum Gasteiger partial charge on any atom is -0.461 e. The fourth-order valence-electron chi connectivity index (χ4n) is 2.81.